The highest BCUT2D eigenvalue weighted by molar-refractivity contribution is 14.1. The molecule has 0 bridgehead atoms. The monoisotopic (exact) mass is 323 g/mol. The number of imidazole rings is 1. The molecule has 0 spiro atoms. The van der Waals surface area contributed by atoms with Gasteiger partial charge in [0.2, 0.25) is 0 Å². The van der Waals surface area contributed by atoms with Gasteiger partial charge in [-0.05, 0) is 42.9 Å². The Morgan fingerprint density at radius 3 is 2.87 bits per heavy atom. The number of halogens is 1. The van der Waals surface area contributed by atoms with Crippen LogP contribution in [0.15, 0.2) is 12.5 Å². The van der Waals surface area contributed by atoms with Gasteiger partial charge in [0.25, 0.3) is 0 Å². The number of nitrogens with zero attached hydrogens (tertiary/aromatic N) is 2. The van der Waals surface area contributed by atoms with E-state index in [2.05, 4.69) is 32.9 Å². The largest absolute Gasteiger partial charge is 0.465 e. The van der Waals surface area contributed by atoms with Crippen molar-refractivity contribution >= 4 is 28.7 Å². The maximum absolute atomic E-state index is 10.5. The normalized spacial score (nSPS) is 11.4. The lowest BCUT2D eigenvalue weighted by atomic mass is 10.0. The third-order valence-electron chi connectivity index (χ3n) is 2.04. The van der Waals surface area contributed by atoms with Crippen molar-refractivity contribution in [3.63, 3.8) is 0 Å². The summed E-state index contributed by atoms with van der Waals surface area (Å²) in [4.78, 5) is 14.6. The minimum atomic E-state index is -0.986. The van der Waals surface area contributed by atoms with E-state index in [0.717, 1.165) is 16.7 Å². The molecule has 1 heterocycles. The standard InChI is InChI=1S/C9H14IN3O2/c1-9(2,12-8(14)15)3-4-13-5-7(10)11-6-13/h5-6,12H,3-4H2,1-2H3,(H,14,15). The number of carboxylic acid groups (broad SMARTS) is 1. The molecule has 0 aromatic carbocycles. The van der Waals surface area contributed by atoms with Crippen molar-refractivity contribution < 1.29 is 9.90 Å². The summed E-state index contributed by atoms with van der Waals surface area (Å²) in [6, 6.07) is 0. The summed E-state index contributed by atoms with van der Waals surface area (Å²) < 4.78 is 2.89. The van der Waals surface area contributed by atoms with Crippen molar-refractivity contribution in [2.45, 2.75) is 32.4 Å². The summed E-state index contributed by atoms with van der Waals surface area (Å²) >= 11 is 2.14. The van der Waals surface area contributed by atoms with E-state index in [1.165, 1.54) is 0 Å². The molecule has 2 N–H and O–H groups in total. The molecule has 15 heavy (non-hydrogen) atoms. The Hall–Kier alpha value is -0.790. The molecule has 0 saturated heterocycles. The highest BCUT2D eigenvalue weighted by atomic mass is 127. The predicted octanol–water partition coefficient (Wildman–Crippen LogP) is 1.92. The Bertz CT molecular complexity index is 349. The number of aromatic nitrogens is 2. The van der Waals surface area contributed by atoms with Gasteiger partial charge in [-0.1, -0.05) is 0 Å². The van der Waals surface area contributed by atoms with E-state index >= 15 is 0 Å². The molecule has 0 aliphatic carbocycles. The van der Waals surface area contributed by atoms with Crippen LogP contribution in [-0.2, 0) is 6.54 Å². The van der Waals surface area contributed by atoms with Crippen molar-refractivity contribution in [2.24, 2.45) is 0 Å². The zero-order chi connectivity index (χ0) is 11.5. The maximum Gasteiger partial charge on any atom is 0.405 e. The van der Waals surface area contributed by atoms with Crippen LogP contribution >= 0.6 is 22.6 Å². The second-order valence-electron chi connectivity index (χ2n) is 4.00. The van der Waals surface area contributed by atoms with Crippen LogP contribution in [0.5, 0.6) is 0 Å². The van der Waals surface area contributed by atoms with Gasteiger partial charge in [0.05, 0.1) is 6.33 Å². The van der Waals surface area contributed by atoms with E-state index in [4.69, 9.17) is 5.11 Å². The first-order chi connectivity index (χ1) is 6.89. The molecular weight excluding hydrogens is 309 g/mol. The molecule has 1 amide bonds. The Balaban J connectivity index is 2.45. The number of nitrogens with one attached hydrogen (secondary N) is 1. The van der Waals surface area contributed by atoms with Crippen LogP contribution in [0.2, 0.25) is 0 Å². The van der Waals surface area contributed by atoms with E-state index in [-0.39, 0.29) is 0 Å². The van der Waals surface area contributed by atoms with Gasteiger partial charge in [-0.25, -0.2) is 9.78 Å². The molecule has 84 valence electrons. The summed E-state index contributed by atoms with van der Waals surface area (Å²) in [5, 5.41) is 11.1. The molecule has 0 atom stereocenters. The van der Waals surface area contributed by atoms with Gasteiger partial charge < -0.3 is 15.0 Å². The van der Waals surface area contributed by atoms with Crippen LogP contribution in [0, 0.1) is 3.70 Å². The van der Waals surface area contributed by atoms with E-state index < -0.39 is 11.6 Å². The fourth-order valence-corrected chi connectivity index (χ4v) is 1.70. The number of amides is 1. The molecule has 5 nitrogen and oxygen atoms in total. The molecule has 1 rings (SSSR count). The third-order valence-corrected chi connectivity index (χ3v) is 2.60. The SMILES string of the molecule is CC(C)(CCn1cnc(I)c1)NC(=O)O. The molecule has 6 heteroatoms. The quantitative estimate of drug-likeness (QED) is 0.832. The number of rotatable bonds is 4. The van der Waals surface area contributed by atoms with Gasteiger partial charge in [-0.3, -0.25) is 0 Å². The van der Waals surface area contributed by atoms with Gasteiger partial charge in [0.15, 0.2) is 0 Å². The molecule has 0 fully saturated rings. The summed E-state index contributed by atoms with van der Waals surface area (Å²) in [6.45, 7) is 4.48. The molecule has 0 saturated carbocycles. The summed E-state index contributed by atoms with van der Waals surface area (Å²) in [7, 11) is 0. The second kappa shape index (κ2) is 4.82. The lowest BCUT2D eigenvalue weighted by Crippen LogP contribution is -2.43. The van der Waals surface area contributed by atoms with Gasteiger partial charge in [0.1, 0.15) is 3.70 Å². The van der Waals surface area contributed by atoms with Gasteiger partial charge >= 0.3 is 6.09 Å². The highest BCUT2D eigenvalue weighted by Crippen LogP contribution is 2.10. The third kappa shape index (κ3) is 4.50. The molecule has 0 aliphatic heterocycles. The number of hydrogen-bond acceptors (Lipinski definition) is 2. The predicted molar refractivity (Wildman–Crippen MR) is 64.8 cm³/mol. The van der Waals surface area contributed by atoms with Crippen molar-refractivity contribution in [3.05, 3.63) is 16.2 Å². The number of carbonyl (C=O) groups is 1. The lowest BCUT2D eigenvalue weighted by molar-refractivity contribution is 0.179. The van der Waals surface area contributed by atoms with Gasteiger partial charge in [0, 0.05) is 18.3 Å². The minimum absolute atomic E-state index is 0.415. The average molecular weight is 323 g/mol. The fourth-order valence-electron chi connectivity index (χ4n) is 1.22. The van der Waals surface area contributed by atoms with Crippen LogP contribution in [0.25, 0.3) is 0 Å². The van der Waals surface area contributed by atoms with Crippen LogP contribution in [-0.4, -0.2) is 26.3 Å². The van der Waals surface area contributed by atoms with Crippen molar-refractivity contribution in [2.75, 3.05) is 0 Å². The highest BCUT2D eigenvalue weighted by Gasteiger charge is 2.19. The maximum atomic E-state index is 10.5. The second-order valence-corrected chi connectivity index (χ2v) is 5.10. The first-order valence-corrected chi connectivity index (χ1v) is 5.65. The van der Waals surface area contributed by atoms with Crippen LogP contribution in [0.3, 0.4) is 0 Å². The van der Waals surface area contributed by atoms with Crippen molar-refractivity contribution in [3.8, 4) is 0 Å². The smallest absolute Gasteiger partial charge is 0.405 e. The molecule has 1 aromatic heterocycles. The Morgan fingerprint density at radius 1 is 1.73 bits per heavy atom. The summed E-state index contributed by atoms with van der Waals surface area (Å²) in [6.07, 6.45) is 3.42. The zero-order valence-electron chi connectivity index (χ0n) is 8.70. The van der Waals surface area contributed by atoms with Crippen LogP contribution in [0.1, 0.15) is 20.3 Å². The Kier molecular flexibility index (Phi) is 3.95. The lowest BCUT2D eigenvalue weighted by Gasteiger charge is -2.24. The van der Waals surface area contributed by atoms with Crippen molar-refractivity contribution in [1.82, 2.24) is 14.9 Å². The van der Waals surface area contributed by atoms with Crippen LogP contribution in [0.4, 0.5) is 4.79 Å². The van der Waals surface area contributed by atoms with E-state index in [0.29, 0.717) is 0 Å². The fraction of sp³-hybridized carbons (Fsp3) is 0.556. The van der Waals surface area contributed by atoms with Gasteiger partial charge in [-0.15, -0.1) is 0 Å². The molecule has 0 radical (unpaired) electrons. The Labute approximate surface area is 102 Å². The molecular formula is C9H14IN3O2. The summed E-state index contributed by atoms with van der Waals surface area (Å²) in [5.41, 5.74) is -0.415. The van der Waals surface area contributed by atoms with Crippen LogP contribution < -0.4 is 5.32 Å². The average Bonchev–Trinajstić information content (AvgIpc) is 2.46. The first kappa shape index (κ1) is 12.3. The van der Waals surface area contributed by atoms with Gasteiger partial charge in [-0.2, -0.15) is 0 Å². The first-order valence-electron chi connectivity index (χ1n) is 4.57. The van der Waals surface area contributed by atoms with Crippen molar-refractivity contribution in [1.29, 1.82) is 0 Å². The molecule has 1 aromatic rings. The zero-order valence-corrected chi connectivity index (χ0v) is 10.9. The minimum Gasteiger partial charge on any atom is -0.465 e. The molecule has 0 unspecified atom stereocenters. The van der Waals surface area contributed by atoms with E-state index in [9.17, 15) is 4.79 Å². The Morgan fingerprint density at radius 2 is 2.40 bits per heavy atom. The molecule has 0 aliphatic rings. The summed E-state index contributed by atoms with van der Waals surface area (Å²) in [5.74, 6) is 0. The number of aryl methyl sites for hydroxylation is 1. The topological polar surface area (TPSA) is 67.2 Å². The number of hydrogen-bond donors (Lipinski definition) is 2. The van der Waals surface area contributed by atoms with E-state index in [1.54, 1.807) is 6.33 Å². The van der Waals surface area contributed by atoms with E-state index in [1.807, 2.05) is 24.6 Å².